The predicted octanol–water partition coefficient (Wildman–Crippen LogP) is 2.45. The summed E-state index contributed by atoms with van der Waals surface area (Å²) in [6.07, 6.45) is 4.55. The van der Waals surface area contributed by atoms with Crippen LogP contribution in [0.5, 0.6) is 0 Å². The molecule has 0 fully saturated rings. The van der Waals surface area contributed by atoms with Gasteiger partial charge in [0.05, 0.1) is 0 Å². The van der Waals surface area contributed by atoms with E-state index < -0.39 is 0 Å². The van der Waals surface area contributed by atoms with Gasteiger partial charge < -0.3 is 4.57 Å². The molecule has 0 N–H and O–H groups in total. The van der Waals surface area contributed by atoms with Gasteiger partial charge in [-0.1, -0.05) is 6.92 Å². The van der Waals surface area contributed by atoms with Crippen molar-refractivity contribution >= 4 is 23.2 Å². The molecule has 5 nitrogen and oxygen atoms in total. The summed E-state index contributed by atoms with van der Waals surface area (Å²) in [5.41, 5.74) is 0. The number of aromatic nitrogens is 5. The quantitative estimate of drug-likeness (QED) is 0.848. The van der Waals surface area contributed by atoms with E-state index >= 15 is 0 Å². The highest BCUT2D eigenvalue weighted by Crippen LogP contribution is 2.16. The third-order valence-corrected chi connectivity index (χ3v) is 2.30. The van der Waals surface area contributed by atoms with Crippen LogP contribution in [-0.4, -0.2) is 24.5 Å². The van der Waals surface area contributed by atoms with E-state index in [0.29, 0.717) is 11.6 Å². The van der Waals surface area contributed by atoms with Crippen molar-refractivity contribution in [1.82, 2.24) is 24.5 Å². The highest BCUT2D eigenvalue weighted by Gasteiger charge is 2.11. The van der Waals surface area contributed by atoms with Crippen LogP contribution >= 0.6 is 23.2 Å². The maximum absolute atomic E-state index is 5.71. The molecular formula is C9H9Cl2N5. The van der Waals surface area contributed by atoms with Gasteiger partial charge in [-0.25, -0.2) is 4.98 Å². The fourth-order valence-corrected chi connectivity index (χ4v) is 1.73. The number of aryl methyl sites for hydroxylation is 1. The fraction of sp³-hybridized carbons (Fsp3) is 0.333. The highest BCUT2D eigenvalue weighted by atomic mass is 35.5. The van der Waals surface area contributed by atoms with Crippen LogP contribution in [0.1, 0.15) is 13.3 Å². The van der Waals surface area contributed by atoms with E-state index in [2.05, 4.69) is 26.9 Å². The molecule has 84 valence electrons. The van der Waals surface area contributed by atoms with Crippen molar-refractivity contribution < 1.29 is 0 Å². The standard InChI is InChI=1S/C9H9Cl2N5/c1-2-4-16-5-3-12-7(16)6-13-8(10)15-9(11)14-6/h3,5H,2,4H2,1H3. The van der Waals surface area contributed by atoms with Crippen LogP contribution in [0.2, 0.25) is 10.6 Å². The molecule has 0 aliphatic heterocycles. The Morgan fingerprint density at radius 3 is 2.50 bits per heavy atom. The van der Waals surface area contributed by atoms with Gasteiger partial charge in [0.2, 0.25) is 16.4 Å². The first-order valence-electron chi connectivity index (χ1n) is 4.79. The Labute approximate surface area is 102 Å². The zero-order valence-electron chi connectivity index (χ0n) is 8.56. The number of halogens is 2. The summed E-state index contributed by atoms with van der Waals surface area (Å²) in [6.45, 7) is 2.92. The molecule has 16 heavy (non-hydrogen) atoms. The Morgan fingerprint density at radius 1 is 1.19 bits per heavy atom. The average Bonchev–Trinajstić information content (AvgIpc) is 2.65. The van der Waals surface area contributed by atoms with E-state index in [1.54, 1.807) is 6.20 Å². The summed E-state index contributed by atoms with van der Waals surface area (Å²) in [5, 5.41) is 0.141. The monoisotopic (exact) mass is 257 g/mol. The molecular weight excluding hydrogens is 249 g/mol. The van der Waals surface area contributed by atoms with E-state index in [1.165, 1.54) is 0 Å². The van der Waals surface area contributed by atoms with E-state index in [0.717, 1.165) is 13.0 Å². The van der Waals surface area contributed by atoms with Crippen molar-refractivity contribution in [3.05, 3.63) is 23.0 Å². The van der Waals surface area contributed by atoms with E-state index in [-0.39, 0.29) is 10.6 Å². The molecule has 2 aromatic rings. The topological polar surface area (TPSA) is 56.5 Å². The van der Waals surface area contributed by atoms with Gasteiger partial charge in [-0.3, -0.25) is 0 Å². The lowest BCUT2D eigenvalue weighted by atomic mass is 10.4. The lowest BCUT2D eigenvalue weighted by molar-refractivity contribution is 0.681. The second kappa shape index (κ2) is 4.76. The zero-order chi connectivity index (χ0) is 11.5. The minimum atomic E-state index is 0.0704. The molecule has 7 heteroatoms. The van der Waals surface area contributed by atoms with Crippen molar-refractivity contribution in [2.45, 2.75) is 19.9 Å². The fourth-order valence-electron chi connectivity index (χ4n) is 1.36. The van der Waals surface area contributed by atoms with Gasteiger partial charge >= 0.3 is 0 Å². The second-order valence-electron chi connectivity index (χ2n) is 3.14. The number of imidazole rings is 1. The summed E-state index contributed by atoms with van der Waals surface area (Å²) >= 11 is 11.4. The van der Waals surface area contributed by atoms with Gasteiger partial charge in [-0.15, -0.1) is 0 Å². The van der Waals surface area contributed by atoms with Crippen molar-refractivity contribution in [3.63, 3.8) is 0 Å². The molecule has 2 rings (SSSR count). The lowest BCUT2D eigenvalue weighted by Gasteiger charge is -2.04. The van der Waals surface area contributed by atoms with E-state index in [9.17, 15) is 0 Å². The molecule has 0 bridgehead atoms. The van der Waals surface area contributed by atoms with Gasteiger partial charge in [0.15, 0.2) is 5.82 Å². The number of hydrogen-bond acceptors (Lipinski definition) is 4. The largest absolute Gasteiger partial charge is 0.328 e. The molecule has 0 aliphatic rings. The Kier molecular flexibility index (Phi) is 3.36. The lowest BCUT2D eigenvalue weighted by Crippen LogP contribution is -2.02. The predicted molar refractivity (Wildman–Crippen MR) is 61.4 cm³/mol. The number of nitrogens with zero attached hydrogens (tertiary/aromatic N) is 5. The van der Waals surface area contributed by atoms with Crippen molar-refractivity contribution in [2.75, 3.05) is 0 Å². The maximum atomic E-state index is 5.71. The average molecular weight is 258 g/mol. The third-order valence-electron chi connectivity index (χ3n) is 1.96. The van der Waals surface area contributed by atoms with E-state index in [4.69, 9.17) is 23.2 Å². The zero-order valence-corrected chi connectivity index (χ0v) is 10.1. The first kappa shape index (κ1) is 11.3. The molecule has 0 saturated heterocycles. The first-order valence-corrected chi connectivity index (χ1v) is 5.55. The number of rotatable bonds is 3. The van der Waals surface area contributed by atoms with Crippen LogP contribution in [0.25, 0.3) is 11.6 Å². The Hall–Kier alpha value is -1.20. The van der Waals surface area contributed by atoms with Crippen molar-refractivity contribution in [2.24, 2.45) is 0 Å². The van der Waals surface area contributed by atoms with Gasteiger partial charge in [0, 0.05) is 18.9 Å². The molecule has 0 spiro atoms. The summed E-state index contributed by atoms with van der Waals surface area (Å²) in [5.74, 6) is 1.04. The van der Waals surface area contributed by atoms with Crippen LogP contribution in [0.3, 0.4) is 0 Å². The van der Waals surface area contributed by atoms with Crippen molar-refractivity contribution in [3.8, 4) is 11.6 Å². The van der Waals surface area contributed by atoms with Gasteiger partial charge in [0.1, 0.15) is 0 Å². The minimum absolute atomic E-state index is 0.0704. The van der Waals surface area contributed by atoms with Crippen LogP contribution < -0.4 is 0 Å². The van der Waals surface area contributed by atoms with Crippen LogP contribution in [0.4, 0.5) is 0 Å². The highest BCUT2D eigenvalue weighted by molar-refractivity contribution is 6.31. The molecule has 0 unspecified atom stereocenters. The SMILES string of the molecule is CCCn1ccnc1-c1nc(Cl)nc(Cl)n1. The van der Waals surface area contributed by atoms with Crippen LogP contribution in [0.15, 0.2) is 12.4 Å². The summed E-state index contributed by atoms with van der Waals surface area (Å²) in [7, 11) is 0. The smallest absolute Gasteiger partial charge is 0.227 e. The summed E-state index contributed by atoms with van der Waals surface area (Å²) in [6, 6.07) is 0. The molecule has 0 aromatic carbocycles. The van der Waals surface area contributed by atoms with Crippen LogP contribution in [-0.2, 0) is 6.54 Å². The van der Waals surface area contributed by atoms with E-state index in [1.807, 2.05) is 10.8 Å². The molecule has 0 atom stereocenters. The molecule has 2 aromatic heterocycles. The van der Waals surface area contributed by atoms with Crippen LogP contribution in [0, 0.1) is 0 Å². The maximum Gasteiger partial charge on any atom is 0.227 e. The molecule has 0 saturated carbocycles. The summed E-state index contributed by atoms with van der Waals surface area (Å²) in [4.78, 5) is 15.9. The summed E-state index contributed by atoms with van der Waals surface area (Å²) < 4.78 is 1.95. The normalized spacial score (nSPS) is 10.7. The molecule has 0 amide bonds. The Bertz CT molecular complexity index is 476. The second-order valence-corrected chi connectivity index (χ2v) is 3.82. The molecule has 2 heterocycles. The van der Waals surface area contributed by atoms with Gasteiger partial charge in [-0.2, -0.15) is 15.0 Å². The Morgan fingerprint density at radius 2 is 1.88 bits per heavy atom. The minimum Gasteiger partial charge on any atom is -0.328 e. The number of hydrogen-bond donors (Lipinski definition) is 0. The van der Waals surface area contributed by atoms with Crippen molar-refractivity contribution in [1.29, 1.82) is 0 Å². The van der Waals surface area contributed by atoms with Gasteiger partial charge in [-0.05, 0) is 29.6 Å². The molecule has 0 radical (unpaired) electrons. The van der Waals surface area contributed by atoms with Gasteiger partial charge in [0.25, 0.3) is 0 Å². The Balaban J connectivity index is 2.45. The first-order chi connectivity index (χ1) is 7.70. The molecule has 0 aliphatic carbocycles. The third kappa shape index (κ3) is 2.31.